The summed E-state index contributed by atoms with van der Waals surface area (Å²) in [5.41, 5.74) is 0. The second-order valence-electron chi connectivity index (χ2n) is 4.90. The van der Waals surface area contributed by atoms with E-state index in [1.807, 2.05) is 6.92 Å². The molecule has 1 fully saturated rings. The van der Waals surface area contributed by atoms with Gasteiger partial charge in [0.25, 0.3) is 0 Å². The number of carbonyl (C=O) groups excluding carboxylic acids is 1. The van der Waals surface area contributed by atoms with E-state index in [4.69, 9.17) is 4.74 Å². The van der Waals surface area contributed by atoms with Gasteiger partial charge in [0.15, 0.2) is 0 Å². The smallest absolute Gasteiger partial charge is 0.309 e. The first-order valence-electron chi connectivity index (χ1n) is 6.00. The maximum atomic E-state index is 11.7. The van der Waals surface area contributed by atoms with Crippen molar-refractivity contribution in [3.8, 4) is 0 Å². The molecule has 0 spiro atoms. The van der Waals surface area contributed by atoms with Gasteiger partial charge in [-0.2, -0.15) is 0 Å². The first-order chi connectivity index (χ1) is 7.09. The number of ether oxygens (including phenoxy) is 1. The van der Waals surface area contributed by atoms with Gasteiger partial charge in [-0.25, -0.2) is 0 Å². The van der Waals surface area contributed by atoms with Gasteiger partial charge in [-0.3, -0.25) is 4.79 Å². The topological polar surface area (TPSA) is 38.3 Å². The Morgan fingerprint density at radius 1 is 1.33 bits per heavy atom. The predicted octanol–water partition coefficient (Wildman–Crippen LogP) is 1.96. The molecule has 1 saturated heterocycles. The number of hydrogen-bond donors (Lipinski definition) is 1. The molecular weight excluding hydrogens is 190 g/mol. The Kier molecular flexibility index (Phi) is 5.09. The Bertz CT molecular complexity index is 198. The van der Waals surface area contributed by atoms with Crippen LogP contribution in [0.2, 0.25) is 0 Å². The molecule has 1 atom stereocenters. The molecule has 0 aromatic heterocycles. The molecule has 15 heavy (non-hydrogen) atoms. The van der Waals surface area contributed by atoms with Crippen LogP contribution in [0, 0.1) is 11.8 Å². The number of carbonyl (C=O) groups is 1. The van der Waals surface area contributed by atoms with E-state index in [1.165, 1.54) is 0 Å². The van der Waals surface area contributed by atoms with Crippen molar-refractivity contribution >= 4 is 5.97 Å². The van der Waals surface area contributed by atoms with Crippen molar-refractivity contribution in [1.29, 1.82) is 0 Å². The molecule has 0 aromatic carbocycles. The fourth-order valence-corrected chi connectivity index (χ4v) is 2.06. The quantitative estimate of drug-likeness (QED) is 0.726. The number of piperidine rings is 1. The lowest BCUT2D eigenvalue weighted by atomic mass is 9.98. The third-order valence-electron chi connectivity index (χ3n) is 2.79. The van der Waals surface area contributed by atoms with Crippen molar-refractivity contribution in [2.45, 2.75) is 46.1 Å². The normalized spacial score (nSPS) is 20.3. The second-order valence-corrected chi connectivity index (χ2v) is 4.90. The van der Waals surface area contributed by atoms with E-state index >= 15 is 0 Å². The van der Waals surface area contributed by atoms with E-state index in [-0.39, 0.29) is 18.0 Å². The minimum atomic E-state index is 0.00431. The van der Waals surface area contributed by atoms with Crippen molar-refractivity contribution in [2.75, 3.05) is 13.1 Å². The highest BCUT2D eigenvalue weighted by atomic mass is 16.5. The van der Waals surface area contributed by atoms with Gasteiger partial charge in [-0.15, -0.1) is 0 Å². The van der Waals surface area contributed by atoms with Crippen LogP contribution in [-0.2, 0) is 9.53 Å². The average Bonchev–Trinajstić information content (AvgIpc) is 2.17. The van der Waals surface area contributed by atoms with Crippen molar-refractivity contribution in [2.24, 2.45) is 11.8 Å². The van der Waals surface area contributed by atoms with E-state index in [2.05, 4.69) is 19.2 Å². The minimum Gasteiger partial charge on any atom is -0.462 e. The van der Waals surface area contributed by atoms with Gasteiger partial charge >= 0.3 is 5.97 Å². The first-order valence-corrected chi connectivity index (χ1v) is 6.00. The van der Waals surface area contributed by atoms with Gasteiger partial charge in [0.1, 0.15) is 0 Å². The fraction of sp³-hybridized carbons (Fsp3) is 0.917. The van der Waals surface area contributed by atoms with Crippen molar-refractivity contribution in [1.82, 2.24) is 5.32 Å². The molecule has 0 radical (unpaired) electrons. The lowest BCUT2D eigenvalue weighted by molar-refractivity contribution is -0.154. The molecule has 1 unspecified atom stereocenters. The van der Waals surface area contributed by atoms with Gasteiger partial charge in [0, 0.05) is 0 Å². The molecule has 0 amide bonds. The summed E-state index contributed by atoms with van der Waals surface area (Å²) >= 11 is 0. The van der Waals surface area contributed by atoms with E-state index in [1.54, 1.807) is 0 Å². The van der Waals surface area contributed by atoms with Crippen molar-refractivity contribution in [3.05, 3.63) is 0 Å². The van der Waals surface area contributed by atoms with E-state index in [0.717, 1.165) is 32.4 Å². The molecule has 1 heterocycles. The molecule has 1 rings (SSSR count). The zero-order valence-corrected chi connectivity index (χ0v) is 10.1. The first kappa shape index (κ1) is 12.5. The maximum absolute atomic E-state index is 11.7. The molecule has 0 aliphatic carbocycles. The van der Waals surface area contributed by atoms with Crippen LogP contribution in [0.4, 0.5) is 0 Å². The Morgan fingerprint density at radius 3 is 2.47 bits per heavy atom. The molecule has 1 aliphatic heterocycles. The molecular formula is C12H23NO2. The predicted molar refractivity (Wildman–Crippen MR) is 60.6 cm³/mol. The van der Waals surface area contributed by atoms with E-state index < -0.39 is 0 Å². The van der Waals surface area contributed by atoms with Crippen molar-refractivity contribution < 1.29 is 9.53 Å². The Morgan fingerprint density at radius 2 is 1.93 bits per heavy atom. The Balaban J connectivity index is 2.27. The molecule has 0 saturated carbocycles. The Hall–Kier alpha value is -0.570. The summed E-state index contributed by atoms with van der Waals surface area (Å²) in [6.45, 7) is 8.17. The van der Waals surface area contributed by atoms with Gasteiger partial charge in [-0.05, 0) is 45.2 Å². The van der Waals surface area contributed by atoms with Crippen LogP contribution in [-0.4, -0.2) is 25.2 Å². The van der Waals surface area contributed by atoms with Crippen LogP contribution < -0.4 is 5.32 Å². The third-order valence-corrected chi connectivity index (χ3v) is 2.79. The number of hydrogen-bond acceptors (Lipinski definition) is 3. The van der Waals surface area contributed by atoms with Crippen molar-refractivity contribution in [3.63, 3.8) is 0 Å². The number of nitrogens with one attached hydrogen (secondary N) is 1. The summed E-state index contributed by atoms with van der Waals surface area (Å²) in [4.78, 5) is 11.7. The van der Waals surface area contributed by atoms with Crippen LogP contribution in [0.5, 0.6) is 0 Å². The highest BCUT2D eigenvalue weighted by molar-refractivity contribution is 5.72. The maximum Gasteiger partial charge on any atom is 0.309 e. The molecule has 3 heteroatoms. The summed E-state index contributed by atoms with van der Waals surface area (Å²) in [5, 5.41) is 3.25. The van der Waals surface area contributed by atoms with Gasteiger partial charge in [0.05, 0.1) is 12.0 Å². The van der Waals surface area contributed by atoms with E-state index in [0.29, 0.717) is 5.92 Å². The summed E-state index contributed by atoms with van der Waals surface area (Å²) in [7, 11) is 0. The summed E-state index contributed by atoms with van der Waals surface area (Å²) < 4.78 is 5.43. The SMILES string of the molecule is CC(C)CC(C)OC(=O)C1CCNCC1. The lowest BCUT2D eigenvalue weighted by Gasteiger charge is -2.23. The molecule has 1 N–H and O–H groups in total. The zero-order valence-electron chi connectivity index (χ0n) is 10.1. The highest BCUT2D eigenvalue weighted by Gasteiger charge is 2.23. The third kappa shape index (κ3) is 4.65. The lowest BCUT2D eigenvalue weighted by Crippen LogP contribution is -2.34. The zero-order chi connectivity index (χ0) is 11.3. The van der Waals surface area contributed by atoms with Gasteiger partial charge in [-0.1, -0.05) is 13.8 Å². The highest BCUT2D eigenvalue weighted by Crippen LogP contribution is 2.16. The van der Waals surface area contributed by atoms with Crippen LogP contribution in [0.3, 0.4) is 0 Å². The standard InChI is InChI=1S/C12H23NO2/c1-9(2)8-10(3)15-12(14)11-4-6-13-7-5-11/h9-11,13H,4-8H2,1-3H3. The fourth-order valence-electron chi connectivity index (χ4n) is 2.06. The average molecular weight is 213 g/mol. The van der Waals surface area contributed by atoms with Gasteiger partial charge in [0.2, 0.25) is 0 Å². The summed E-state index contributed by atoms with van der Waals surface area (Å²) in [6.07, 6.45) is 2.87. The number of rotatable bonds is 4. The number of esters is 1. The van der Waals surface area contributed by atoms with E-state index in [9.17, 15) is 4.79 Å². The minimum absolute atomic E-state index is 0.00431. The second kappa shape index (κ2) is 6.11. The largest absolute Gasteiger partial charge is 0.462 e. The van der Waals surface area contributed by atoms with Crippen LogP contribution in [0.25, 0.3) is 0 Å². The molecule has 0 aromatic rings. The molecule has 0 bridgehead atoms. The molecule has 1 aliphatic rings. The summed E-state index contributed by atoms with van der Waals surface area (Å²) in [6, 6.07) is 0. The van der Waals surface area contributed by atoms with Crippen LogP contribution in [0.15, 0.2) is 0 Å². The summed E-state index contributed by atoms with van der Waals surface area (Å²) in [5.74, 6) is 0.714. The monoisotopic (exact) mass is 213 g/mol. The van der Waals surface area contributed by atoms with Crippen LogP contribution >= 0.6 is 0 Å². The molecule has 88 valence electrons. The Labute approximate surface area is 92.6 Å². The van der Waals surface area contributed by atoms with Crippen LogP contribution in [0.1, 0.15) is 40.0 Å². The van der Waals surface area contributed by atoms with Gasteiger partial charge < -0.3 is 10.1 Å². The molecule has 3 nitrogen and oxygen atoms in total.